The summed E-state index contributed by atoms with van der Waals surface area (Å²) in [5.41, 5.74) is 3.96. The van der Waals surface area contributed by atoms with E-state index in [1.165, 1.54) is 11.6 Å². The van der Waals surface area contributed by atoms with Crippen molar-refractivity contribution in [2.45, 2.75) is 26.8 Å². The zero-order valence-electron chi connectivity index (χ0n) is 11.7. The van der Waals surface area contributed by atoms with Gasteiger partial charge in [0.05, 0.1) is 11.6 Å². The molecule has 2 rings (SSSR count). The molecule has 20 heavy (non-hydrogen) atoms. The summed E-state index contributed by atoms with van der Waals surface area (Å²) in [6.07, 6.45) is 1.02. The minimum absolute atomic E-state index is 0.330. The van der Waals surface area contributed by atoms with Gasteiger partial charge in [-0.2, -0.15) is 5.26 Å². The first kappa shape index (κ1) is 14.1. The van der Waals surface area contributed by atoms with E-state index in [0.29, 0.717) is 23.4 Å². The Hall–Kier alpha value is -2.34. The van der Waals surface area contributed by atoms with Gasteiger partial charge in [-0.05, 0) is 36.6 Å². The van der Waals surface area contributed by atoms with Gasteiger partial charge >= 0.3 is 0 Å². The van der Waals surface area contributed by atoms with Crippen LogP contribution in [0.15, 0.2) is 36.4 Å². The summed E-state index contributed by atoms with van der Waals surface area (Å²) >= 11 is 0. The molecule has 0 unspecified atom stereocenters. The van der Waals surface area contributed by atoms with Crippen LogP contribution >= 0.6 is 0 Å². The minimum Gasteiger partial charge on any atom is -0.381 e. The second kappa shape index (κ2) is 6.21. The van der Waals surface area contributed by atoms with Crippen LogP contribution in [0, 0.1) is 24.1 Å². The lowest BCUT2D eigenvalue weighted by Gasteiger charge is -2.11. The number of halogens is 1. The zero-order chi connectivity index (χ0) is 14.5. The molecule has 3 heteroatoms. The molecular formula is C17H17FN2. The summed E-state index contributed by atoms with van der Waals surface area (Å²) in [6.45, 7) is 4.44. The third-order valence-electron chi connectivity index (χ3n) is 3.39. The maximum absolute atomic E-state index is 13.7. The largest absolute Gasteiger partial charge is 0.381 e. The fraction of sp³-hybridized carbons (Fsp3) is 0.235. The predicted molar refractivity (Wildman–Crippen MR) is 79.0 cm³/mol. The molecule has 0 fully saturated rings. The van der Waals surface area contributed by atoms with E-state index in [0.717, 1.165) is 12.0 Å². The second-order valence-electron chi connectivity index (χ2n) is 4.77. The van der Waals surface area contributed by atoms with Gasteiger partial charge in [0.15, 0.2) is 0 Å². The number of benzene rings is 2. The molecule has 2 aromatic carbocycles. The van der Waals surface area contributed by atoms with Gasteiger partial charge in [0.25, 0.3) is 0 Å². The van der Waals surface area contributed by atoms with Crippen LogP contribution in [0.4, 0.5) is 10.1 Å². The van der Waals surface area contributed by atoms with Gasteiger partial charge < -0.3 is 5.32 Å². The number of aryl methyl sites for hydroxylation is 1. The van der Waals surface area contributed by atoms with Crippen LogP contribution in [0.2, 0.25) is 0 Å². The van der Waals surface area contributed by atoms with Crippen LogP contribution in [0.3, 0.4) is 0 Å². The van der Waals surface area contributed by atoms with E-state index in [9.17, 15) is 4.39 Å². The first-order valence-corrected chi connectivity index (χ1v) is 6.66. The van der Waals surface area contributed by atoms with E-state index in [1.54, 1.807) is 13.0 Å². The standard InChI is InChI=1S/C17H17FN2/c1-3-13-4-6-14(7-5-13)11-20-17-9-15(10-19)8-16(18)12(17)2/h4-9,20H,3,11H2,1-2H3. The van der Waals surface area contributed by atoms with E-state index in [-0.39, 0.29) is 5.82 Å². The van der Waals surface area contributed by atoms with Crippen molar-refractivity contribution in [3.05, 3.63) is 64.5 Å². The van der Waals surface area contributed by atoms with Crippen molar-refractivity contribution in [1.82, 2.24) is 0 Å². The lowest BCUT2D eigenvalue weighted by molar-refractivity contribution is 0.618. The van der Waals surface area contributed by atoms with E-state index in [1.807, 2.05) is 6.07 Å². The number of nitrogens with one attached hydrogen (secondary N) is 1. The normalized spacial score (nSPS) is 10.1. The molecule has 0 saturated heterocycles. The molecule has 0 aliphatic carbocycles. The topological polar surface area (TPSA) is 35.8 Å². The first-order valence-electron chi connectivity index (χ1n) is 6.66. The van der Waals surface area contributed by atoms with Crippen LogP contribution < -0.4 is 5.32 Å². The van der Waals surface area contributed by atoms with Gasteiger partial charge in [0.2, 0.25) is 0 Å². The average Bonchev–Trinajstić information content (AvgIpc) is 2.49. The summed E-state index contributed by atoms with van der Waals surface area (Å²) in [5, 5.41) is 12.1. The first-order chi connectivity index (χ1) is 9.63. The highest BCUT2D eigenvalue weighted by atomic mass is 19.1. The summed E-state index contributed by atoms with van der Waals surface area (Å²) in [7, 11) is 0. The van der Waals surface area contributed by atoms with E-state index in [4.69, 9.17) is 5.26 Å². The highest BCUT2D eigenvalue weighted by Crippen LogP contribution is 2.21. The van der Waals surface area contributed by atoms with Gasteiger partial charge in [-0.3, -0.25) is 0 Å². The van der Waals surface area contributed by atoms with Crippen molar-refractivity contribution < 1.29 is 4.39 Å². The number of anilines is 1. The van der Waals surface area contributed by atoms with Crippen molar-refractivity contribution in [3.8, 4) is 6.07 Å². The van der Waals surface area contributed by atoms with Crippen LogP contribution in [0.1, 0.15) is 29.2 Å². The van der Waals surface area contributed by atoms with Crippen molar-refractivity contribution in [2.24, 2.45) is 0 Å². The van der Waals surface area contributed by atoms with Gasteiger partial charge in [0.1, 0.15) is 5.82 Å². The number of rotatable bonds is 4. The lowest BCUT2D eigenvalue weighted by Crippen LogP contribution is -2.03. The SMILES string of the molecule is CCc1ccc(CNc2cc(C#N)cc(F)c2C)cc1. The molecule has 0 bridgehead atoms. The van der Waals surface area contributed by atoms with Crippen LogP contribution in [-0.2, 0) is 13.0 Å². The van der Waals surface area contributed by atoms with Crippen molar-refractivity contribution in [1.29, 1.82) is 5.26 Å². The van der Waals surface area contributed by atoms with Crippen LogP contribution in [-0.4, -0.2) is 0 Å². The fourth-order valence-electron chi connectivity index (χ4n) is 2.02. The number of nitrogens with zero attached hydrogens (tertiary/aromatic N) is 1. The molecule has 0 aliphatic rings. The molecule has 0 atom stereocenters. The fourth-order valence-corrected chi connectivity index (χ4v) is 2.02. The van der Waals surface area contributed by atoms with E-state index < -0.39 is 0 Å². The van der Waals surface area contributed by atoms with E-state index >= 15 is 0 Å². The Morgan fingerprint density at radius 3 is 2.40 bits per heavy atom. The van der Waals surface area contributed by atoms with Crippen molar-refractivity contribution in [3.63, 3.8) is 0 Å². The van der Waals surface area contributed by atoms with Crippen LogP contribution in [0.25, 0.3) is 0 Å². The second-order valence-corrected chi connectivity index (χ2v) is 4.77. The van der Waals surface area contributed by atoms with Gasteiger partial charge in [-0.25, -0.2) is 4.39 Å². The molecule has 0 radical (unpaired) electrons. The number of hydrogen-bond acceptors (Lipinski definition) is 2. The highest BCUT2D eigenvalue weighted by Gasteiger charge is 2.06. The van der Waals surface area contributed by atoms with Crippen molar-refractivity contribution >= 4 is 5.69 Å². The molecule has 2 nitrogen and oxygen atoms in total. The Labute approximate surface area is 118 Å². The maximum atomic E-state index is 13.7. The Kier molecular flexibility index (Phi) is 4.37. The summed E-state index contributed by atoms with van der Waals surface area (Å²) in [4.78, 5) is 0. The molecule has 1 N–H and O–H groups in total. The van der Waals surface area contributed by atoms with Crippen molar-refractivity contribution in [2.75, 3.05) is 5.32 Å². The molecule has 102 valence electrons. The molecular weight excluding hydrogens is 251 g/mol. The quantitative estimate of drug-likeness (QED) is 0.903. The van der Waals surface area contributed by atoms with Gasteiger partial charge in [-0.15, -0.1) is 0 Å². The zero-order valence-corrected chi connectivity index (χ0v) is 11.7. The molecule has 0 spiro atoms. The Balaban J connectivity index is 2.14. The monoisotopic (exact) mass is 268 g/mol. The van der Waals surface area contributed by atoms with Gasteiger partial charge in [-0.1, -0.05) is 31.2 Å². The lowest BCUT2D eigenvalue weighted by atomic mass is 10.1. The maximum Gasteiger partial charge on any atom is 0.129 e. The summed E-state index contributed by atoms with van der Waals surface area (Å²) < 4.78 is 13.7. The third-order valence-corrected chi connectivity index (χ3v) is 3.39. The minimum atomic E-state index is -0.354. The van der Waals surface area contributed by atoms with Gasteiger partial charge in [0, 0.05) is 17.8 Å². The van der Waals surface area contributed by atoms with E-state index in [2.05, 4.69) is 36.5 Å². The molecule has 0 heterocycles. The Morgan fingerprint density at radius 2 is 1.80 bits per heavy atom. The highest BCUT2D eigenvalue weighted by molar-refractivity contribution is 5.56. The Morgan fingerprint density at radius 1 is 1.15 bits per heavy atom. The molecule has 0 amide bonds. The third kappa shape index (κ3) is 3.16. The van der Waals surface area contributed by atoms with Crippen LogP contribution in [0.5, 0.6) is 0 Å². The molecule has 0 aliphatic heterocycles. The molecule has 0 saturated carbocycles. The Bertz CT molecular complexity index is 639. The molecule has 2 aromatic rings. The molecule has 0 aromatic heterocycles. The average molecular weight is 268 g/mol. The summed E-state index contributed by atoms with van der Waals surface area (Å²) in [5.74, 6) is -0.354. The predicted octanol–water partition coefficient (Wildman–Crippen LogP) is 4.18. The summed E-state index contributed by atoms with van der Waals surface area (Å²) in [6, 6.07) is 13.2. The number of nitriles is 1. The number of hydrogen-bond donors (Lipinski definition) is 1. The smallest absolute Gasteiger partial charge is 0.129 e.